The van der Waals surface area contributed by atoms with Crippen LogP contribution in [0.5, 0.6) is 0 Å². The standard InChI is InChI=1S/C21H22ClN3O4/c1-14-2-4-15(5-3-14)12-23-19(26)20(27)24-13-18-25(10-11-29-18)21(28)16-6-8-17(22)9-7-16/h2-9,18H,10-13H2,1H3,(H,23,26)(H,24,27)/t18-/m1/s1. The zero-order valence-electron chi connectivity index (χ0n) is 16.0. The molecule has 152 valence electrons. The molecule has 2 aromatic rings. The summed E-state index contributed by atoms with van der Waals surface area (Å²) in [5, 5.41) is 5.64. The largest absolute Gasteiger partial charge is 0.355 e. The van der Waals surface area contributed by atoms with E-state index in [1.165, 1.54) is 4.90 Å². The molecule has 3 amide bonds. The zero-order valence-corrected chi connectivity index (χ0v) is 16.7. The van der Waals surface area contributed by atoms with Gasteiger partial charge in [-0.05, 0) is 36.8 Å². The summed E-state index contributed by atoms with van der Waals surface area (Å²) in [5.41, 5.74) is 2.50. The fourth-order valence-corrected chi connectivity index (χ4v) is 3.04. The Morgan fingerprint density at radius 3 is 2.38 bits per heavy atom. The molecule has 8 heteroatoms. The lowest BCUT2D eigenvalue weighted by atomic mass is 10.1. The molecule has 0 bridgehead atoms. The number of hydrogen-bond donors (Lipinski definition) is 2. The molecule has 0 unspecified atom stereocenters. The van der Waals surface area contributed by atoms with Gasteiger partial charge in [0.2, 0.25) is 0 Å². The number of carbonyl (C=O) groups is 3. The molecule has 0 aliphatic carbocycles. The third kappa shape index (κ3) is 5.56. The van der Waals surface area contributed by atoms with Gasteiger partial charge in [-0.1, -0.05) is 41.4 Å². The highest BCUT2D eigenvalue weighted by molar-refractivity contribution is 6.35. The van der Waals surface area contributed by atoms with Gasteiger partial charge in [0.1, 0.15) is 6.23 Å². The molecule has 1 fully saturated rings. The number of amides is 3. The maximum atomic E-state index is 12.6. The van der Waals surface area contributed by atoms with Crippen LogP contribution in [0.3, 0.4) is 0 Å². The molecule has 1 atom stereocenters. The van der Waals surface area contributed by atoms with Gasteiger partial charge in [-0.2, -0.15) is 0 Å². The number of nitrogens with zero attached hydrogens (tertiary/aromatic N) is 1. The van der Waals surface area contributed by atoms with Crippen LogP contribution < -0.4 is 10.6 Å². The summed E-state index contributed by atoms with van der Waals surface area (Å²) < 4.78 is 5.54. The van der Waals surface area contributed by atoms with Crippen LogP contribution in [-0.2, 0) is 20.9 Å². The maximum Gasteiger partial charge on any atom is 0.309 e. The van der Waals surface area contributed by atoms with E-state index in [9.17, 15) is 14.4 Å². The number of benzene rings is 2. The Hall–Kier alpha value is -2.90. The van der Waals surface area contributed by atoms with Gasteiger partial charge in [0, 0.05) is 23.7 Å². The van der Waals surface area contributed by atoms with E-state index in [4.69, 9.17) is 16.3 Å². The highest BCUT2D eigenvalue weighted by Crippen LogP contribution is 2.16. The smallest absolute Gasteiger partial charge is 0.309 e. The molecule has 2 aromatic carbocycles. The molecule has 1 saturated heterocycles. The van der Waals surface area contributed by atoms with Crippen molar-refractivity contribution < 1.29 is 19.1 Å². The molecule has 7 nitrogen and oxygen atoms in total. The van der Waals surface area contributed by atoms with E-state index in [0.29, 0.717) is 23.7 Å². The third-order valence-electron chi connectivity index (χ3n) is 4.56. The summed E-state index contributed by atoms with van der Waals surface area (Å²) in [5.74, 6) is -1.73. The second-order valence-electron chi connectivity index (χ2n) is 6.71. The molecule has 0 spiro atoms. The van der Waals surface area contributed by atoms with Gasteiger partial charge in [0.25, 0.3) is 5.91 Å². The molecule has 0 saturated carbocycles. The van der Waals surface area contributed by atoms with Crippen molar-refractivity contribution in [2.24, 2.45) is 0 Å². The van der Waals surface area contributed by atoms with Crippen molar-refractivity contribution in [3.8, 4) is 0 Å². The predicted octanol–water partition coefficient (Wildman–Crippen LogP) is 1.88. The van der Waals surface area contributed by atoms with Crippen molar-refractivity contribution in [2.45, 2.75) is 19.7 Å². The van der Waals surface area contributed by atoms with Crippen LogP contribution in [0.1, 0.15) is 21.5 Å². The van der Waals surface area contributed by atoms with Crippen LogP contribution in [-0.4, -0.2) is 48.5 Å². The number of rotatable bonds is 5. The third-order valence-corrected chi connectivity index (χ3v) is 4.81. The Bertz CT molecular complexity index is 884. The fourth-order valence-electron chi connectivity index (χ4n) is 2.91. The molecule has 1 aliphatic heterocycles. The molecule has 1 aliphatic rings. The number of halogens is 1. The molecule has 1 heterocycles. The van der Waals surface area contributed by atoms with E-state index in [1.54, 1.807) is 24.3 Å². The summed E-state index contributed by atoms with van der Waals surface area (Å²) in [4.78, 5) is 38.2. The summed E-state index contributed by atoms with van der Waals surface area (Å²) in [6.07, 6.45) is -0.632. The number of carbonyl (C=O) groups excluding carboxylic acids is 3. The molecule has 3 rings (SSSR count). The van der Waals surface area contributed by atoms with Crippen LogP contribution in [0.25, 0.3) is 0 Å². The van der Waals surface area contributed by atoms with Crippen LogP contribution in [0, 0.1) is 6.92 Å². The lowest BCUT2D eigenvalue weighted by Gasteiger charge is -2.23. The highest BCUT2D eigenvalue weighted by atomic mass is 35.5. The van der Waals surface area contributed by atoms with Gasteiger partial charge in [0.15, 0.2) is 0 Å². The Balaban J connectivity index is 1.49. The van der Waals surface area contributed by atoms with Gasteiger partial charge in [-0.15, -0.1) is 0 Å². The predicted molar refractivity (Wildman–Crippen MR) is 108 cm³/mol. The SMILES string of the molecule is Cc1ccc(CNC(=O)C(=O)NC[C@H]2OCCN2C(=O)c2ccc(Cl)cc2)cc1. The van der Waals surface area contributed by atoms with Crippen LogP contribution in [0.15, 0.2) is 48.5 Å². The molecule has 2 N–H and O–H groups in total. The first-order chi connectivity index (χ1) is 13.9. The lowest BCUT2D eigenvalue weighted by Crippen LogP contribution is -2.47. The van der Waals surface area contributed by atoms with E-state index in [1.807, 2.05) is 31.2 Å². The first-order valence-electron chi connectivity index (χ1n) is 9.24. The summed E-state index contributed by atoms with van der Waals surface area (Å²) in [6.45, 7) is 3.02. The Morgan fingerprint density at radius 1 is 1.03 bits per heavy atom. The van der Waals surface area contributed by atoms with Crippen molar-refractivity contribution in [2.75, 3.05) is 19.7 Å². The second kappa shape index (κ2) is 9.54. The lowest BCUT2D eigenvalue weighted by molar-refractivity contribution is -0.139. The van der Waals surface area contributed by atoms with Gasteiger partial charge in [-0.25, -0.2) is 0 Å². The van der Waals surface area contributed by atoms with Crippen LogP contribution >= 0.6 is 11.6 Å². The number of aryl methyl sites for hydroxylation is 1. The van der Waals surface area contributed by atoms with Crippen molar-refractivity contribution in [1.82, 2.24) is 15.5 Å². The van der Waals surface area contributed by atoms with Crippen molar-refractivity contribution >= 4 is 29.3 Å². The van der Waals surface area contributed by atoms with E-state index in [2.05, 4.69) is 10.6 Å². The molecular weight excluding hydrogens is 394 g/mol. The average Bonchev–Trinajstić information content (AvgIpc) is 3.20. The van der Waals surface area contributed by atoms with Crippen LogP contribution in [0.4, 0.5) is 0 Å². The van der Waals surface area contributed by atoms with E-state index < -0.39 is 18.0 Å². The first-order valence-corrected chi connectivity index (χ1v) is 9.61. The Kier molecular flexibility index (Phi) is 6.85. The molecule has 29 heavy (non-hydrogen) atoms. The van der Waals surface area contributed by atoms with Crippen molar-refractivity contribution in [3.63, 3.8) is 0 Å². The van der Waals surface area contributed by atoms with Crippen LogP contribution in [0.2, 0.25) is 5.02 Å². The Labute approximate surface area is 174 Å². The number of ether oxygens (including phenoxy) is 1. The number of hydrogen-bond acceptors (Lipinski definition) is 4. The number of nitrogens with one attached hydrogen (secondary N) is 2. The van der Waals surface area contributed by atoms with Crippen molar-refractivity contribution in [1.29, 1.82) is 0 Å². The van der Waals surface area contributed by atoms with Gasteiger partial charge in [-0.3, -0.25) is 14.4 Å². The van der Waals surface area contributed by atoms with Crippen molar-refractivity contribution in [3.05, 3.63) is 70.2 Å². The van der Waals surface area contributed by atoms with Gasteiger partial charge in [0.05, 0.1) is 13.2 Å². The highest BCUT2D eigenvalue weighted by Gasteiger charge is 2.31. The molecule has 0 radical (unpaired) electrons. The fraction of sp³-hybridized carbons (Fsp3) is 0.286. The van der Waals surface area contributed by atoms with Gasteiger partial charge < -0.3 is 20.3 Å². The minimum atomic E-state index is -0.772. The normalized spacial score (nSPS) is 15.8. The molecular formula is C21H22ClN3O4. The first kappa shape index (κ1) is 20.8. The van der Waals surface area contributed by atoms with E-state index in [-0.39, 0.29) is 19.0 Å². The maximum absolute atomic E-state index is 12.6. The average molecular weight is 416 g/mol. The van der Waals surface area contributed by atoms with E-state index >= 15 is 0 Å². The van der Waals surface area contributed by atoms with E-state index in [0.717, 1.165) is 11.1 Å². The summed E-state index contributed by atoms with van der Waals surface area (Å²) in [7, 11) is 0. The topological polar surface area (TPSA) is 87.7 Å². The second-order valence-corrected chi connectivity index (χ2v) is 7.15. The minimum Gasteiger partial charge on any atom is -0.355 e. The summed E-state index contributed by atoms with van der Waals surface area (Å²) in [6, 6.07) is 14.2. The van der Waals surface area contributed by atoms with Gasteiger partial charge >= 0.3 is 11.8 Å². The minimum absolute atomic E-state index is 0.0239. The Morgan fingerprint density at radius 2 is 1.69 bits per heavy atom. The monoisotopic (exact) mass is 415 g/mol. The zero-order chi connectivity index (χ0) is 20.8. The molecule has 0 aromatic heterocycles. The summed E-state index contributed by atoms with van der Waals surface area (Å²) >= 11 is 5.86. The quantitative estimate of drug-likeness (QED) is 0.730.